The Bertz CT molecular complexity index is 1810. The predicted molar refractivity (Wildman–Crippen MR) is 183 cm³/mol. The van der Waals surface area contributed by atoms with Crippen LogP contribution in [0.2, 0.25) is 5.02 Å². The summed E-state index contributed by atoms with van der Waals surface area (Å²) in [7, 11) is 1.53. The van der Waals surface area contributed by atoms with E-state index in [1.807, 2.05) is 59.3 Å². The highest BCUT2D eigenvalue weighted by Crippen LogP contribution is 2.38. The van der Waals surface area contributed by atoms with Crippen LogP contribution in [0.15, 0.2) is 131 Å². The highest BCUT2D eigenvalue weighted by molar-refractivity contribution is 8.00. The molecule has 0 radical (unpaired) electrons. The van der Waals surface area contributed by atoms with Crippen molar-refractivity contribution < 1.29 is 19.1 Å². The number of hydrogen-bond donors (Lipinski definition) is 3. The first kappa shape index (κ1) is 31.6. The van der Waals surface area contributed by atoms with Crippen LogP contribution >= 0.6 is 34.7 Å². The van der Waals surface area contributed by atoms with E-state index < -0.39 is 17.1 Å². The van der Waals surface area contributed by atoms with Gasteiger partial charge in [-0.15, -0.1) is 11.8 Å². The molecular weight excluding hydrogens is 626 g/mol. The summed E-state index contributed by atoms with van der Waals surface area (Å²) in [6, 6.07) is 32.2. The summed E-state index contributed by atoms with van der Waals surface area (Å²) in [5, 5.41) is 12.1. The molecule has 0 aliphatic rings. The van der Waals surface area contributed by atoms with E-state index in [0.717, 1.165) is 16.0 Å². The third-order valence-electron chi connectivity index (χ3n) is 6.49. The van der Waals surface area contributed by atoms with Gasteiger partial charge < -0.3 is 20.7 Å². The van der Waals surface area contributed by atoms with Gasteiger partial charge in [-0.3, -0.25) is 14.4 Å². The summed E-state index contributed by atoms with van der Waals surface area (Å²) < 4.78 is 5.22. The Balaban J connectivity index is 1.35. The van der Waals surface area contributed by atoms with Gasteiger partial charge in [0, 0.05) is 21.8 Å². The normalized spacial score (nSPS) is 11.7. The van der Waals surface area contributed by atoms with Crippen LogP contribution in [0, 0.1) is 0 Å². The highest BCUT2D eigenvalue weighted by atomic mass is 35.5. The summed E-state index contributed by atoms with van der Waals surface area (Å²) in [5.41, 5.74) is 3.17. The van der Waals surface area contributed by atoms with Gasteiger partial charge in [0.2, 0.25) is 5.91 Å². The quantitative estimate of drug-likeness (QED) is 0.0985. The first-order valence-electron chi connectivity index (χ1n) is 13.8. The van der Waals surface area contributed by atoms with Gasteiger partial charge in [-0.1, -0.05) is 66.2 Å². The lowest BCUT2D eigenvalue weighted by Gasteiger charge is -2.18. The molecule has 0 aliphatic carbocycles. The van der Waals surface area contributed by atoms with Crippen molar-refractivity contribution in [1.29, 1.82) is 0 Å². The number of hydrogen-bond acceptors (Lipinski definition) is 6. The first-order valence-corrected chi connectivity index (χ1v) is 16.0. The highest BCUT2D eigenvalue weighted by Gasteiger charge is 2.23. The zero-order valence-electron chi connectivity index (χ0n) is 24.0. The van der Waals surface area contributed by atoms with Crippen molar-refractivity contribution in [3.8, 4) is 5.75 Å². The number of thioether (sulfide) groups is 1. The zero-order chi connectivity index (χ0) is 31.6. The molecule has 0 aliphatic heterocycles. The SMILES string of the molecule is COc1ccc(NC(=O)C(Sc2cccc(NC(=O)/C(=C/c3ccsc3)NC(=O)c3ccccc3)c2)c2ccccc2)cc1Cl. The van der Waals surface area contributed by atoms with E-state index in [4.69, 9.17) is 16.3 Å². The van der Waals surface area contributed by atoms with Crippen molar-refractivity contribution in [3.63, 3.8) is 0 Å². The minimum atomic E-state index is -0.614. The standard InChI is InChI=1S/C35H28ClN3O4S2/c1-43-31-16-15-27(21-29(31)36)38-35(42)32(24-9-4-2-5-10-24)45-28-14-8-13-26(20-28)37-34(41)30(19-23-17-18-44-22-23)39-33(40)25-11-6-3-7-12-25/h2-22,32H,1H3,(H,37,41)(H,38,42)(H,39,40)/b30-19-. The Hall–Kier alpha value is -4.83. The fraction of sp³-hybridized carbons (Fsp3) is 0.0571. The van der Waals surface area contributed by atoms with Crippen molar-refractivity contribution in [1.82, 2.24) is 5.32 Å². The third kappa shape index (κ3) is 8.63. The van der Waals surface area contributed by atoms with Crippen molar-refractivity contribution in [2.45, 2.75) is 10.1 Å². The van der Waals surface area contributed by atoms with Crippen LogP contribution in [0.25, 0.3) is 6.08 Å². The van der Waals surface area contributed by atoms with Gasteiger partial charge in [0.1, 0.15) is 16.7 Å². The van der Waals surface area contributed by atoms with Gasteiger partial charge in [0.15, 0.2) is 0 Å². The van der Waals surface area contributed by atoms with Crippen LogP contribution in [0.4, 0.5) is 11.4 Å². The van der Waals surface area contributed by atoms with E-state index in [9.17, 15) is 14.4 Å². The van der Waals surface area contributed by atoms with Crippen LogP contribution in [-0.2, 0) is 9.59 Å². The summed E-state index contributed by atoms with van der Waals surface area (Å²) in [6.07, 6.45) is 1.63. The Morgan fingerprint density at radius 1 is 0.844 bits per heavy atom. The number of benzene rings is 4. The van der Waals surface area contributed by atoms with E-state index in [1.165, 1.54) is 30.2 Å². The molecule has 0 bridgehead atoms. The number of carbonyl (C=O) groups excluding carboxylic acids is 3. The van der Waals surface area contributed by atoms with Crippen molar-refractivity contribution in [3.05, 3.63) is 147 Å². The molecule has 1 heterocycles. The molecule has 45 heavy (non-hydrogen) atoms. The molecule has 1 atom stereocenters. The van der Waals surface area contributed by atoms with E-state index >= 15 is 0 Å². The molecule has 0 fully saturated rings. The predicted octanol–water partition coefficient (Wildman–Crippen LogP) is 8.29. The largest absolute Gasteiger partial charge is 0.495 e. The number of halogens is 1. The molecule has 5 aromatic rings. The number of ether oxygens (including phenoxy) is 1. The maximum absolute atomic E-state index is 13.6. The molecule has 0 saturated heterocycles. The zero-order valence-corrected chi connectivity index (χ0v) is 26.4. The van der Waals surface area contributed by atoms with Gasteiger partial charge in [-0.25, -0.2) is 0 Å². The van der Waals surface area contributed by atoms with Crippen LogP contribution < -0.4 is 20.7 Å². The molecule has 4 aromatic carbocycles. The second-order valence-corrected chi connectivity index (χ2v) is 12.0. The lowest BCUT2D eigenvalue weighted by atomic mass is 10.1. The van der Waals surface area contributed by atoms with Crippen LogP contribution in [0.1, 0.15) is 26.7 Å². The number of amides is 3. The number of carbonyl (C=O) groups is 3. The van der Waals surface area contributed by atoms with E-state index in [0.29, 0.717) is 27.7 Å². The number of thiophene rings is 1. The summed E-state index contributed by atoms with van der Waals surface area (Å²) in [6.45, 7) is 0. The average Bonchev–Trinajstić information content (AvgIpc) is 3.57. The third-order valence-corrected chi connectivity index (χ3v) is 8.73. The van der Waals surface area contributed by atoms with Gasteiger partial charge in [0.25, 0.3) is 11.8 Å². The van der Waals surface area contributed by atoms with Gasteiger partial charge in [0.05, 0.1) is 12.1 Å². The van der Waals surface area contributed by atoms with Gasteiger partial charge in [-0.2, -0.15) is 11.3 Å². The van der Waals surface area contributed by atoms with Crippen molar-refractivity contribution >= 4 is 69.9 Å². The molecule has 3 N–H and O–H groups in total. The van der Waals surface area contributed by atoms with E-state index in [1.54, 1.807) is 66.7 Å². The molecule has 3 amide bonds. The molecule has 0 spiro atoms. The monoisotopic (exact) mass is 653 g/mol. The molecule has 1 unspecified atom stereocenters. The molecule has 5 rings (SSSR count). The fourth-order valence-electron chi connectivity index (χ4n) is 4.30. The smallest absolute Gasteiger partial charge is 0.272 e. The van der Waals surface area contributed by atoms with Crippen LogP contribution in [-0.4, -0.2) is 24.8 Å². The Labute approximate surface area is 274 Å². The number of methoxy groups -OCH3 is 1. The minimum absolute atomic E-state index is 0.0972. The average molecular weight is 654 g/mol. The topological polar surface area (TPSA) is 96.5 Å². The fourth-order valence-corrected chi connectivity index (χ4v) is 6.26. The summed E-state index contributed by atoms with van der Waals surface area (Å²) in [5.74, 6) is -0.616. The maximum Gasteiger partial charge on any atom is 0.272 e. The second-order valence-electron chi connectivity index (χ2n) is 9.66. The lowest BCUT2D eigenvalue weighted by molar-refractivity contribution is -0.116. The molecule has 226 valence electrons. The van der Waals surface area contributed by atoms with Crippen LogP contribution in [0.3, 0.4) is 0 Å². The van der Waals surface area contributed by atoms with Gasteiger partial charge in [-0.05, 0) is 82.6 Å². The Morgan fingerprint density at radius 3 is 2.27 bits per heavy atom. The first-order chi connectivity index (χ1) is 21.9. The molecule has 1 aromatic heterocycles. The van der Waals surface area contributed by atoms with Gasteiger partial charge >= 0.3 is 0 Å². The van der Waals surface area contributed by atoms with Crippen molar-refractivity contribution in [2.24, 2.45) is 0 Å². The number of nitrogens with one attached hydrogen (secondary N) is 3. The summed E-state index contributed by atoms with van der Waals surface area (Å²) in [4.78, 5) is 40.7. The molecule has 0 saturated carbocycles. The molecular formula is C35H28ClN3O4S2. The summed E-state index contributed by atoms with van der Waals surface area (Å²) >= 11 is 9.10. The Morgan fingerprint density at radius 2 is 1.58 bits per heavy atom. The maximum atomic E-state index is 13.6. The van der Waals surface area contributed by atoms with E-state index in [-0.39, 0.29) is 11.6 Å². The number of rotatable bonds is 11. The molecule has 7 nitrogen and oxygen atoms in total. The minimum Gasteiger partial charge on any atom is -0.495 e. The molecule has 10 heteroatoms. The second kappa shape index (κ2) is 15.3. The van der Waals surface area contributed by atoms with Crippen LogP contribution in [0.5, 0.6) is 5.75 Å². The Kier molecular flexibility index (Phi) is 10.7. The van der Waals surface area contributed by atoms with E-state index in [2.05, 4.69) is 16.0 Å². The van der Waals surface area contributed by atoms with Crippen molar-refractivity contribution in [2.75, 3.05) is 17.7 Å². The lowest BCUT2D eigenvalue weighted by Crippen LogP contribution is -2.30. The number of anilines is 2.